The van der Waals surface area contributed by atoms with Crippen molar-refractivity contribution in [3.05, 3.63) is 21.6 Å². The van der Waals surface area contributed by atoms with Crippen molar-refractivity contribution in [3.8, 4) is 0 Å². The van der Waals surface area contributed by atoms with Crippen LogP contribution >= 0.6 is 22.9 Å². The summed E-state index contributed by atoms with van der Waals surface area (Å²) >= 11 is 2.17. The molecule has 9 heteroatoms. The topological polar surface area (TPSA) is 94.1 Å². The number of aromatic nitrogens is 3. The van der Waals surface area contributed by atoms with Crippen molar-refractivity contribution in [1.82, 2.24) is 14.6 Å². The predicted octanol–water partition coefficient (Wildman–Crippen LogP) is 1.73. The summed E-state index contributed by atoms with van der Waals surface area (Å²) in [6.45, 7) is 3.70. The van der Waals surface area contributed by atoms with Crippen LogP contribution in [0.2, 0.25) is 0 Å². The molecule has 0 spiro atoms. The molecule has 1 N–H and O–H groups in total. The van der Waals surface area contributed by atoms with Crippen LogP contribution in [0.3, 0.4) is 0 Å². The van der Waals surface area contributed by atoms with Crippen molar-refractivity contribution in [3.63, 3.8) is 0 Å². The molecule has 2 aromatic heterocycles. The van der Waals surface area contributed by atoms with E-state index in [2.05, 4.69) is 19.9 Å². The van der Waals surface area contributed by atoms with Crippen LogP contribution in [-0.2, 0) is 4.74 Å². The average molecular weight is 298 g/mol. The molecule has 0 fully saturated rings. The van der Waals surface area contributed by atoms with Gasteiger partial charge in [-0.3, -0.25) is 10.1 Å². The Labute approximate surface area is 116 Å². The van der Waals surface area contributed by atoms with Crippen molar-refractivity contribution in [2.75, 3.05) is 11.9 Å². The smallest absolute Gasteiger partial charge is 0.357 e. The Morgan fingerprint density at radius 3 is 2.89 bits per heavy atom. The number of thiazole rings is 1. The van der Waals surface area contributed by atoms with Crippen LogP contribution in [0.15, 0.2) is 5.38 Å². The maximum Gasteiger partial charge on any atom is 0.357 e. The van der Waals surface area contributed by atoms with Crippen LogP contribution in [0.4, 0.5) is 5.13 Å². The molecular formula is C10H10N4O3S2. The first kappa shape index (κ1) is 13.6. The monoisotopic (exact) mass is 298 g/mol. The Morgan fingerprint density at radius 2 is 2.26 bits per heavy atom. The Hall–Kier alpha value is -1.87. The molecule has 0 aromatic carbocycles. The number of hydrogen-bond donors (Lipinski definition) is 1. The summed E-state index contributed by atoms with van der Waals surface area (Å²) in [5.41, 5.74) is 0.742. The van der Waals surface area contributed by atoms with Gasteiger partial charge in [0.2, 0.25) is 0 Å². The van der Waals surface area contributed by atoms with Crippen LogP contribution in [-0.4, -0.2) is 33.1 Å². The van der Waals surface area contributed by atoms with E-state index < -0.39 is 5.97 Å². The van der Waals surface area contributed by atoms with Crippen molar-refractivity contribution in [2.24, 2.45) is 0 Å². The lowest BCUT2D eigenvalue weighted by molar-refractivity contribution is 0.0520. The lowest BCUT2D eigenvalue weighted by atomic mass is 10.4. The molecular weight excluding hydrogens is 288 g/mol. The highest BCUT2D eigenvalue weighted by molar-refractivity contribution is 7.14. The Balaban J connectivity index is 2.06. The number of esters is 1. The van der Waals surface area contributed by atoms with Gasteiger partial charge < -0.3 is 4.74 Å². The number of aryl methyl sites for hydroxylation is 1. The Kier molecular flexibility index (Phi) is 4.17. The zero-order chi connectivity index (χ0) is 13.8. The molecule has 0 aliphatic rings. The van der Waals surface area contributed by atoms with Gasteiger partial charge in [-0.05, 0) is 25.4 Å². The third-order valence-electron chi connectivity index (χ3n) is 2.07. The van der Waals surface area contributed by atoms with E-state index in [0.717, 1.165) is 22.9 Å². The number of hydrogen-bond acceptors (Lipinski definition) is 8. The van der Waals surface area contributed by atoms with Gasteiger partial charge in [0.25, 0.3) is 5.91 Å². The molecule has 0 aliphatic heterocycles. The zero-order valence-electron chi connectivity index (χ0n) is 10.2. The average Bonchev–Trinajstić information content (AvgIpc) is 2.98. The lowest BCUT2D eigenvalue weighted by Gasteiger charge is -1.98. The second-order valence-corrected chi connectivity index (χ2v) is 5.01. The molecule has 0 radical (unpaired) electrons. The summed E-state index contributed by atoms with van der Waals surface area (Å²) in [5, 5.41) is 8.21. The van der Waals surface area contributed by atoms with E-state index in [4.69, 9.17) is 4.74 Å². The van der Waals surface area contributed by atoms with Gasteiger partial charge in [-0.2, -0.15) is 0 Å². The summed E-state index contributed by atoms with van der Waals surface area (Å²) in [5.74, 6) is -0.841. The second-order valence-electron chi connectivity index (χ2n) is 3.40. The van der Waals surface area contributed by atoms with E-state index in [9.17, 15) is 9.59 Å². The minimum Gasteiger partial charge on any atom is -0.461 e. The van der Waals surface area contributed by atoms with Gasteiger partial charge in [-0.1, -0.05) is 4.49 Å². The highest BCUT2D eigenvalue weighted by atomic mass is 32.1. The standard InChI is InChI=1S/C10H10N4O3S2/c1-3-17-9(16)6-4-18-10(11-6)12-8(15)7-5(2)13-14-19-7/h4H,3H2,1-2H3,(H,11,12,15). The van der Waals surface area contributed by atoms with Gasteiger partial charge in [0.1, 0.15) is 4.88 Å². The second kappa shape index (κ2) is 5.85. The van der Waals surface area contributed by atoms with Crippen molar-refractivity contribution in [2.45, 2.75) is 13.8 Å². The molecule has 2 heterocycles. The largest absolute Gasteiger partial charge is 0.461 e. The fourth-order valence-corrected chi connectivity index (χ4v) is 2.45. The molecule has 0 bridgehead atoms. The van der Waals surface area contributed by atoms with Gasteiger partial charge in [0, 0.05) is 5.38 Å². The fourth-order valence-electron chi connectivity index (χ4n) is 1.22. The number of anilines is 1. The van der Waals surface area contributed by atoms with E-state index >= 15 is 0 Å². The van der Waals surface area contributed by atoms with Crippen LogP contribution < -0.4 is 5.32 Å². The van der Waals surface area contributed by atoms with Crippen LogP contribution in [0.25, 0.3) is 0 Å². The van der Waals surface area contributed by atoms with Crippen molar-refractivity contribution >= 4 is 39.9 Å². The zero-order valence-corrected chi connectivity index (χ0v) is 11.8. The summed E-state index contributed by atoms with van der Waals surface area (Å²) in [6.07, 6.45) is 0. The third kappa shape index (κ3) is 3.12. The van der Waals surface area contributed by atoms with E-state index in [-0.39, 0.29) is 18.2 Å². The first-order valence-electron chi connectivity index (χ1n) is 5.34. The minimum absolute atomic E-state index is 0.182. The number of carbonyl (C=O) groups is 2. The highest BCUT2D eigenvalue weighted by Crippen LogP contribution is 2.18. The SMILES string of the molecule is CCOC(=O)c1csc(NC(=O)c2snnc2C)n1. The predicted molar refractivity (Wildman–Crippen MR) is 70.7 cm³/mol. The van der Waals surface area contributed by atoms with Gasteiger partial charge in [0.15, 0.2) is 10.8 Å². The number of carbonyl (C=O) groups excluding carboxylic acids is 2. The first-order valence-corrected chi connectivity index (χ1v) is 7.00. The van der Waals surface area contributed by atoms with E-state index in [1.165, 1.54) is 5.38 Å². The molecule has 19 heavy (non-hydrogen) atoms. The number of rotatable bonds is 4. The van der Waals surface area contributed by atoms with Gasteiger partial charge in [-0.15, -0.1) is 16.4 Å². The number of nitrogens with one attached hydrogen (secondary N) is 1. The van der Waals surface area contributed by atoms with Crippen LogP contribution in [0.1, 0.15) is 32.8 Å². The lowest BCUT2D eigenvalue weighted by Crippen LogP contribution is -2.12. The molecule has 2 aromatic rings. The maximum atomic E-state index is 11.9. The van der Waals surface area contributed by atoms with Crippen molar-refractivity contribution in [1.29, 1.82) is 0 Å². The molecule has 0 saturated carbocycles. The molecule has 0 saturated heterocycles. The highest BCUT2D eigenvalue weighted by Gasteiger charge is 2.16. The Morgan fingerprint density at radius 1 is 1.47 bits per heavy atom. The minimum atomic E-state index is -0.505. The van der Waals surface area contributed by atoms with Crippen LogP contribution in [0, 0.1) is 6.92 Å². The molecule has 7 nitrogen and oxygen atoms in total. The fraction of sp³-hybridized carbons (Fsp3) is 0.300. The van der Waals surface area contributed by atoms with E-state index in [0.29, 0.717) is 15.7 Å². The van der Waals surface area contributed by atoms with Crippen molar-refractivity contribution < 1.29 is 14.3 Å². The molecule has 1 amide bonds. The maximum absolute atomic E-state index is 11.9. The molecule has 0 aliphatic carbocycles. The quantitative estimate of drug-likeness (QED) is 0.864. The molecule has 100 valence electrons. The third-order valence-corrected chi connectivity index (χ3v) is 3.65. The molecule has 0 unspecified atom stereocenters. The summed E-state index contributed by atoms with van der Waals surface area (Å²) < 4.78 is 8.49. The van der Waals surface area contributed by atoms with Gasteiger partial charge in [-0.25, -0.2) is 9.78 Å². The molecule has 2 rings (SSSR count). The first-order chi connectivity index (χ1) is 9.11. The molecule has 0 atom stereocenters. The normalized spacial score (nSPS) is 10.2. The van der Waals surface area contributed by atoms with Gasteiger partial charge >= 0.3 is 5.97 Å². The van der Waals surface area contributed by atoms with E-state index in [1.54, 1.807) is 13.8 Å². The number of nitrogens with zero attached hydrogens (tertiary/aromatic N) is 3. The van der Waals surface area contributed by atoms with E-state index in [1.807, 2.05) is 0 Å². The Bertz CT molecular complexity index is 607. The van der Waals surface area contributed by atoms with Crippen LogP contribution in [0.5, 0.6) is 0 Å². The summed E-state index contributed by atoms with van der Waals surface area (Å²) in [7, 11) is 0. The summed E-state index contributed by atoms with van der Waals surface area (Å²) in [4.78, 5) is 27.7. The number of ether oxygens (including phenoxy) is 1. The number of amides is 1. The summed E-state index contributed by atoms with van der Waals surface area (Å²) in [6, 6.07) is 0. The van der Waals surface area contributed by atoms with Gasteiger partial charge in [0.05, 0.1) is 12.3 Å².